The largest absolute Gasteiger partial charge is 0.457 e. The average Bonchev–Trinajstić information content (AvgIpc) is 2.56. The number of nitrogens with zero attached hydrogens (tertiary/aromatic N) is 2. The maximum atomic E-state index is 13.4. The van der Waals surface area contributed by atoms with Crippen LogP contribution in [0.2, 0.25) is 36.3 Å². The fourth-order valence-electron chi connectivity index (χ4n) is 2.12. The van der Waals surface area contributed by atoms with Gasteiger partial charge in [0.25, 0.3) is 5.78 Å². The third-order valence-electron chi connectivity index (χ3n) is 6.19. The van der Waals surface area contributed by atoms with E-state index in [0.29, 0.717) is 0 Å². The Kier molecular flexibility index (Phi) is 9.95. The van der Waals surface area contributed by atoms with Gasteiger partial charge in [-0.15, -0.1) is 0 Å². The molecule has 0 aliphatic carbocycles. The monoisotopic (exact) mass is 472 g/mol. The maximum Gasteiger partial charge on any atom is 0.444 e. The van der Waals surface area contributed by atoms with E-state index in [-0.39, 0.29) is 16.7 Å². The van der Waals surface area contributed by atoms with Crippen LogP contribution in [0, 0.1) is 0 Å². The summed E-state index contributed by atoms with van der Waals surface area (Å²) in [5.41, 5.74) is 8.58. The second-order valence-electron chi connectivity index (χ2n) is 10.7. The van der Waals surface area contributed by atoms with Crippen LogP contribution in [0.1, 0.15) is 55.4 Å². The maximum absolute atomic E-state index is 13.4. The summed E-state index contributed by atoms with van der Waals surface area (Å²) in [4.78, 5) is 41.2. The van der Waals surface area contributed by atoms with Crippen molar-refractivity contribution in [3.8, 4) is 0 Å². The van der Waals surface area contributed by atoms with Crippen molar-refractivity contribution in [2.24, 2.45) is 0 Å². The van der Waals surface area contributed by atoms with E-state index in [0.717, 1.165) is 0 Å². The highest BCUT2D eigenvalue weighted by atomic mass is 28.4. The molecule has 0 N–H and O–H groups in total. The molecule has 0 aromatic heterocycles. The van der Waals surface area contributed by atoms with Gasteiger partial charge in [0.2, 0.25) is 0 Å². The summed E-state index contributed by atoms with van der Waals surface area (Å²) in [5.74, 6) is -2.40. The van der Waals surface area contributed by atoms with Gasteiger partial charge >= 0.3 is 11.7 Å². The summed E-state index contributed by atoms with van der Waals surface area (Å²) in [6.07, 6.45) is -2.67. The Labute approximate surface area is 188 Å². The van der Waals surface area contributed by atoms with Crippen LogP contribution in [-0.4, -0.2) is 63.5 Å². The highest BCUT2D eigenvalue weighted by Gasteiger charge is 2.51. The Morgan fingerprint density at radius 3 is 1.55 bits per heavy atom. The van der Waals surface area contributed by atoms with E-state index in [4.69, 9.17) is 13.6 Å². The molecule has 0 aromatic rings. The molecular weight excluding hydrogens is 432 g/mol. The zero-order valence-corrected chi connectivity index (χ0v) is 23.2. The SMILES string of the molecule is CCOC(=O)C(=[N+]=[N-])C(=O)[C@H](O[Si](C)(C)C(C)(C)C)[C@@H](O[Si](C)(C)C(C)(C)C)C(C)=O. The number of hydrogen-bond acceptors (Lipinski definition) is 6. The number of esters is 1. The van der Waals surface area contributed by atoms with Crippen molar-refractivity contribution in [1.29, 1.82) is 0 Å². The number of rotatable bonds is 10. The summed E-state index contributed by atoms with van der Waals surface area (Å²) in [7, 11) is -5.10. The van der Waals surface area contributed by atoms with Crippen molar-refractivity contribution in [2.75, 3.05) is 6.61 Å². The van der Waals surface area contributed by atoms with E-state index in [1.807, 2.05) is 67.7 Å². The van der Waals surface area contributed by atoms with Gasteiger partial charge in [-0.1, -0.05) is 41.5 Å². The molecule has 0 bridgehead atoms. The van der Waals surface area contributed by atoms with Crippen molar-refractivity contribution < 1.29 is 32.8 Å². The third-order valence-corrected chi connectivity index (χ3v) is 15.1. The Balaban J connectivity index is 6.56. The first-order valence-corrected chi connectivity index (χ1v) is 16.3. The third kappa shape index (κ3) is 7.57. The van der Waals surface area contributed by atoms with Crippen molar-refractivity contribution in [3.05, 3.63) is 5.53 Å². The molecule has 0 aliphatic heterocycles. The zero-order valence-electron chi connectivity index (χ0n) is 21.2. The van der Waals surface area contributed by atoms with Gasteiger partial charge in [-0.05, 0) is 50.1 Å². The molecule has 178 valence electrons. The molecule has 0 radical (unpaired) electrons. The molecule has 0 aromatic carbocycles. The molecular formula is C21H40N2O6Si2. The van der Waals surface area contributed by atoms with Crippen LogP contribution in [0.15, 0.2) is 0 Å². The molecule has 0 unspecified atom stereocenters. The lowest BCUT2D eigenvalue weighted by Crippen LogP contribution is -2.58. The minimum atomic E-state index is -2.60. The minimum Gasteiger partial charge on any atom is -0.457 e. The standard InChI is InChI=1S/C21H40N2O6Si2/c1-13-27-19(26)15(23-22)16(25)18(29-31(11,12)21(6,7)8)17(14(2)24)28-30(9,10)20(3,4)5/h17-18H,13H2,1-12H3/t17-,18-/m0/s1. The minimum absolute atomic E-state index is 0.00447. The molecule has 0 amide bonds. The van der Waals surface area contributed by atoms with Crippen LogP contribution in [0.5, 0.6) is 0 Å². The molecule has 0 fully saturated rings. The number of ketones is 2. The van der Waals surface area contributed by atoms with Gasteiger partial charge in [-0.25, -0.2) is 4.79 Å². The van der Waals surface area contributed by atoms with Gasteiger partial charge in [-0.3, -0.25) is 9.59 Å². The van der Waals surface area contributed by atoms with E-state index in [2.05, 4.69) is 4.79 Å². The molecule has 0 rings (SSSR count). The Morgan fingerprint density at radius 2 is 1.26 bits per heavy atom. The van der Waals surface area contributed by atoms with Gasteiger partial charge in [0.1, 0.15) is 12.2 Å². The predicted molar refractivity (Wildman–Crippen MR) is 125 cm³/mol. The summed E-state index contributed by atoms with van der Waals surface area (Å²) in [6.45, 7) is 22.7. The van der Waals surface area contributed by atoms with Gasteiger partial charge in [-0.2, -0.15) is 4.79 Å². The van der Waals surface area contributed by atoms with Crippen molar-refractivity contribution >= 4 is 39.9 Å². The van der Waals surface area contributed by atoms with E-state index in [1.54, 1.807) is 6.92 Å². The number of carbonyl (C=O) groups is 3. The van der Waals surface area contributed by atoms with E-state index < -0.39 is 52.1 Å². The normalized spacial score (nSPS) is 15.0. The van der Waals surface area contributed by atoms with E-state index in [9.17, 15) is 19.9 Å². The van der Waals surface area contributed by atoms with Crippen LogP contribution in [0.4, 0.5) is 0 Å². The predicted octanol–water partition coefficient (Wildman–Crippen LogP) is 4.16. The molecule has 10 heteroatoms. The lowest BCUT2D eigenvalue weighted by Gasteiger charge is -2.43. The van der Waals surface area contributed by atoms with Crippen molar-refractivity contribution in [3.63, 3.8) is 0 Å². The quantitative estimate of drug-likeness (QED) is 0.118. The Morgan fingerprint density at radius 1 is 0.871 bits per heavy atom. The van der Waals surface area contributed by atoms with Gasteiger partial charge in [0.15, 0.2) is 22.4 Å². The van der Waals surface area contributed by atoms with Crippen LogP contribution < -0.4 is 0 Å². The molecule has 8 nitrogen and oxygen atoms in total. The number of Topliss-reactive ketones (excluding diaryl/α,β-unsaturated/α-hetero) is 2. The van der Waals surface area contributed by atoms with E-state index >= 15 is 0 Å². The topological polar surface area (TPSA) is 115 Å². The van der Waals surface area contributed by atoms with Crippen LogP contribution in [0.3, 0.4) is 0 Å². The van der Waals surface area contributed by atoms with Gasteiger partial charge in [0, 0.05) is 0 Å². The summed E-state index contributed by atoms with van der Waals surface area (Å²) in [6, 6.07) is 0. The van der Waals surface area contributed by atoms with E-state index in [1.165, 1.54) is 6.92 Å². The van der Waals surface area contributed by atoms with Crippen molar-refractivity contribution in [2.45, 2.75) is 104 Å². The molecule has 0 saturated heterocycles. The number of ether oxygens (including phenoxy) is 1. The first kappa shape index (κ1) is 29.5. The zero-order chi connectivity index (χ0) is 25.0. The number of hydrogen-bond donors (Lipinski definition) is 0. The number of carbonyl (C=O) groups excluding carboxylic acids is 3. The van der Waals surface area contributed by atoms with Gasteiger partial charge < -0.3 is 19.1 Å². The molecule has 31 heavy (non-hydrogen) atoms. The smallest absolute Gasteiger partial charge is 0.444 e. The van der Waals surface area contributed by atoms with Crippen LogP contribution in [0.25, 0.3) is 5.53 Å². The lowest BCUT2D eigenvalue weighted by atomic mass is 10.0. The Bertz CT molecular complexity index is 744. The highest BCUT2D eigenvalue weighted by Crippen LogP contribution is 2.40. The average molecular weight is 473 g/mol. The second-order valence-corrected chi connectivity index (χ2v) is 20.3. The first-order valence-electron chi connectivity index (χ1n) is 10.5. The highest BCUT2D eigenvalue weighted by molar-refractivity contribution is 6.75. The summed E-state index contributed by atoms with van der Waals surface area (Å²) in [5, 5.41) is -0.523. The second kappa shape index (κ2) is 10.4. The molecule has 0 spiro atoms. The van der Waals surface area contributed by atoms with Gasteiger partial charge in [0.05, 0.1) is 6.61 Å². The molecule has 0 heterocycles. The molecule has 0 aliphatic rings. The Hall–Kier alpha value is -1.46. The summed E-state index contributed by atoms with van der Waals surface area (Å²) < 4.78 is 17.5. The first-order chi connectivity index (χ1) is 13.7. The van der Waals surface area contributed by atoms with Crippen molar-refractivity contribution in [1.82, 2.24) is 0 Å². The fraction of sp³-hybridized carbons (Fsp3) is 0.810. The summed E-state index contributed by atoms with van der Waals surface area (Å²) >= 11 is 0. The van der Waals surface area contributed by atoms with Crippen LogP contribution >= 0.6 is 0 Å². The molecule has 2 atom stereocenters. The fourth-order valence-corrected chi connectivity index (χ4v) is 4.62. The van der Waals surface area contributed by atoms with Crippen LogP contribution in [-0.2, 0) is 28.0 Å². The molecule has 0 saturated carbocycles. The lowest BCUT2D eigenvalue weighted by molar-refractivity contribution is -0.146.